The number of carbonyl (C=O) groups is 1. The Morgan fingerprint density at radius 2 is 2.05 bits per heavy atom. The molecule has 0 amide bonds. The highest BCUT2D eigenvalue weighted by molar-refractivity contribution is 7.71. The number of nitro groups is 1. The fraction of sp³-hybridized carbons (Fsp3) is 0. The van der Waals surface area contributed by atoms with E-state index in [1.807, 2.05) is 0 Å². The zero-order valence-corrected chi connectivity index (χ0v) is 10.2. The summed E-state index contributed by atoms with van der Waals surface area (Å²) >= 11 is 4.82. The van der Waals surface area contributed by atoms with Crippen LogP contribution in [0.4, 0.5) is 10.5 Å². The predicted molar refractivity (Wildman–Crippen MR) is 67.6 cm³/mol. The van der Waals surface area contributed by atoms with E-state index in [9.17, 15) is 14.9 Å². The molecule has 0 aliphatic carbocycles. The van der Waals surface area contributed by atoms with Crippen LogP contribution in [0, 0.1) is 14.9 Å². The van der Waals surface area contributed by atoms with Crippen molar-refractivity contribution in [1.82, 2.24) is 9.55 Å². The number of rotatable bonds is 2. The molecule has 1 heterocycles. The van der Waals surface area contributed by atoms with Gasteiger partial charge in [-0.2, -0.15) is 0 Å². The monoisotopic (exact) mass is 277 g/mol. The van der Waals surface area contributed by atoms with Gasteiger partial charge in [-0.15, -0.1) is 0 Å². The van der Waals surface area contributed by atoms with Crippen LogP contribution in [-0.4, -0.2) is 20.6 Å². The lowest BCUT2D eigenvalue weighted by Gasteiger charge is -2.05. The van der Waals surface area contributed by atoms with Crippen molar-refractivity contribution >= 4 is 24.0 Å². The van der Waals surface area contributed by atoms with Crippen LogP contribution in [0.3, 0.4) is 0 Å². The number of aromatic nitrogens is 2. The van der Waals surface area contributed by atoms with Crippen molar-refractivity contribution in [3.63, 3.8) is 0 Å². The number of hydrogen-bond donors (Lipinski definition) is 0. The van der Waals surface area contributed by atoms with E-state index in [2.05, 4.69) is 4.98 Å². The maximum absolute atomic E-state index is 11.8. The lowest BCUT2D eigenvalue weighted by molar-refractivity contribution is -0.385. The molecule has 0 spiro atoms. The minimum atomic E-state index is -0.854. The summed E-state index contributed by atoms with van der Waals surface area (Å²) in [6, 6.07) is 8.29. The maximum Gasteiger partial charge on any atom is 0.426 e. The molecule has 0 unspecified atom stereocenters. The summed E-state index contributed by atoms with van der Waals surface area (Å²) in [5, 5.41) is 10.6. The minimum Gasteiger partial charge on any atom is -0.410 e. The standard InChI is InChI=1S/C11H7N3O4S/c15-11(18-9-4-2-1-3-5-9)13-7-8(14(16)17)6-12-10(13)19/h1-7H. The molecule has 0 bridgehead atoms. The molecule has 0 radical (unpaired) electrons. The molecule has 0 atom stereocenters. The van der Waals surface area contributed by atoms with E-state index in [-0.39, 0.29) is 10.5 Å². The van der Waals surface area contributed by atoms with Gasteiger partial charge in [0.15, 0.2) is 0 Å². The topological polar surface area (TPSA) is 87.3 Å². The molecule has 7 nitrogen and oxygen atoms in total. The Bertz CT molecular complexity index is 684. The van der Waals surface area contributed by atoms with Gasteiger partial charge in [-0.3, -0.25) is 10.1 Å². The highest BCUT2D eigenvalue weighted by Gasteiger charge is 2.14. The van der Waals surface area contributed by atoms with Crippen LogP contribution in [-0.2, 0) is 0 Å². The Kier molecular flexibility index (Phi) is 3.62. The SMILES string of the molecule is O=C(Oc1ccccc1)n1cc([N+](=O)[O-])cnc1=S. The number of hydrogen-bond acceptors (Lipinski definition) is 6. The van der Waals surface area contributed by atoms with Crippen LogP contribution in [0.5, 0.6) is 5.75 Å². The average molecular weight is 277 g/mol. The Morgan fingerprint density at radius 3 is 2.68 bits per heavy atom. The molecule has 96 valence electrons. The Hall–Kier alpha value is -2.61. The highest BCUT2D eigenvalue weighted by atomic mass is 32.1. The molecular weight excluding hydrogens is 270 g/mol. The second-order valence-electron chi connectivity index (χ2n) is 3.40. The molecule has 0 fully saturated rings. The number of nitrogens with zero attached hydrogens (tertiary/aromatic N) is 3. The Balaban J connectivity index is 2.31. The third-order valence-corrected chi connectivity index (χ3v) is 2.43. The first-order valence-electron chi connectivity index (χ1n) is 5.08. The number of benzene rings is 1. The summed E-state index contributed by atoms with van der Waals surface area (Å²) in [5.41, 5.74) is -0.349. The zero-order valence-electron chi connectivity index (χ0n) is 9.42. The summed E-state index contributed by atoms with van der Waals surface area (Å²) in [4.78, 5) is 25.4. The lowest BCUT2D eigenvalue weighted by atomic mass is 10.3. The fourth-order valence-electron chi connectivity index (χ4n) is 1.27. The Labute approximate surface area is 112 Å². The normalized spacial score (nSPS) is 9.89. The van der Waals surface area contributed by atoms with Crippen molar-refractivity contribution in [1.29, 1.82) is 0 Å². The molecule has 0 aliphatic rings. The van der Waals surface area contributed by atoms with Gasteiger partial charge in [0.05, 0.1) is 11.1 Å². The van der Waals surface area contributed by atoms with Crippen LogP contribution >= 0.6 is 12.2 Å². The van der Waals surface area contributed by atoms with Gasteiger partial charge in [-0.05, 0) is 24.4 Å². The summed E-state index contributed by atoms with van der Waals surface area (Å²) in [6.07, 6.45) is 1.10. The van der Waals surface area contributed by atoms with E-state index in [0.717, 1.165) is 17.0 Å². The minimum absolute atomic E-state index is 0.119. The molecule has 0 saturated carbocycles. The second kappa shape index (κ2) is 5.36. The average Bonchev–Trinajstić information content (AvgIpc) is 2.40. The van der Waals surface area contributed by atoms with Gasteiger partial charge in [0.25, 0.3) is 0 Å². The Morgan fingerprint density at radius 1 is 1.37 bits per heavy atom. The van der Waals surface area contributed by atoms with Crippen LogP contribution in [0.1, 0.15) is 0 Å². The van der Waals surface area contributed by atoms with Crippen molar-refractivity contribution in [3.05, 3.63) is 57.6 Å². The summed E-state index contributed by atoms with van der Waals surface area (Å²) < 4.78 is 5.70. The van der Waals surface area contributed by atoms with Gasteiger partial charge in [-0.1, -0.05) is 18.2 Å². The van der Waals surface area contributed by atoms with Gasteiger partial charge >= 0.3 is 11.8 Å². The molecule has 2 rings (SSSR count). The van der Waals surface area contributed by atoms with Crippen LogP contribution in [0.15, 0.2) is 42.7 Å². The molecule has 2 aromatic rings. The van der Waals surface area contributed by atoms with Crippen LogP contribution in [0.25, 0.3) is 0 Å². The molecule has 19 heavy (non-hydrogen) atoms. The van der Waals surface area contributed by atoms with Crippen molar-refractivity contribution in [2.24, 2.45) is 0 Å². The lowest BCUT2D eigenvalue weighted by Crippen LogP contribution is -2.18. The van der Waals surface area contributed by atoms with Gasteiger partial charge < -0.3 is 4.74 Å². The predicted octanol–water partition coefficient (Wildman–Crippen LogP) is 2.57. The molecule has 0 aliphatic heterocycles. The summed E-state index contributed by atoms with van der Waals surface area (Å²) in [7, 11) is 0. The van der Waals surface area contributed by atoms with Crippen molar-refractivity contribution in [3.8, 4) is 5.75 Å². The number of para-hydroxylation sites is 1. The molecular formula is C11H7N3O4S. The summed E-state index contributed by atoms with van der Waals surface area (Å²) in [5.74, 6) is 0.306. The second-order valence-corrected chi connectivity index (χ2v) is 3.77. The molecule has 0 saturated heterocycles. The maximum atomic E-state index is 11.8. The van der Waals surface area contributed by atoms with Crippen molar-refractivity contribution in [2.45, 2.75) is 0 Å². The van der Waals surface area contributed by atoms with E-state index < -0.39 is 11.0 Å². The first kappa shape index (κ1) is 12.8. The van der Waals surface area contributed by atoms with Crippen LogP contribution < -0.4 is 4.74 Å². The zero-order chi connectivity index (χ0) is 13.8. The molecule has 0 N–H and O–H groups in total. The van der Waals surface area contributed by atoms with Gasteiger partial charge in [0.2, 0.25) is 4.77 Å². The van der Waals surface area contributed by atoms with E-state index >= 15 is 0 Å². The van der Waals surface area contributed by atoms with Crippen molar-refractivity contribution < 1.29 is 14.5 Å². The quantitative estimate of drug-likeness (QED) is 0.476. The van der Waals surface area contributed by atoms with Crippen molar-refractivity contribution in [2.75, 3.05) is 0 Å². The third-order valence-electron chi connectivity index (χ3n) is 2.13. The number of carbonyl (C=O) groups excluding carboxylic acids is 1. The number of ether oxygens (including phenoxy) is 1. The van der Waals surface area contributed by atoms with E-state index in [1.54, 1.807) is 30.3 Å². The van der Waals surface area contributed by atoms with E-state index in [4.69, 9.17) is 17.0 Å². The first-order valence-corrected chi connectivity index (χ1v) is 5.49. The third kappa shape index (κ3) is 2.99. The molecule has 1 aromatic carbocycles. The highest BCUT2D eigenvalue weighted by Crippen LogP contribution is 2.12. The first-order chi connectivity index (χ1) is 9.08. The fourth-order valence-corrected chi connectivity index (χ4v) is 1.45. The summed E-state index contributed by atoms with van der Waals surface area (Å²) in [6.45, 7) is 0. The van der Waals surface area contributed by atoms with E-state index in [1.165, 1.54) is 0 Å². The van der Waals surface area contributed by atoms with Gasteiger partial charge in [0.1, 0.15) is 11.9 Å². The smallest absolute Gasteiger partial charge is 0.410 e. The molecule has 1 aromatic heterocycles. The van der Waals surface area contributed by atoms with Crippen LogP contribution in [0.2, 0.25) is 0 Å². The largest absolute Gasteiger partial charge is 0.426 e. The van der Waals surface area contributed by atoms with Gasteiger partial charge in [0, 0.05) is 0 Å². The van der Waals surface area contributed by atoms with E-state index in [0.29, 0.717) is 5.75 Å². The van der Waals surface area contributed by atoms with Gasteiger partial charge in [-0.25, -0.2) is 14.3 Å². The molecule has 8 heteroatoms.